The van der Waals surface area contributed by atoms with Crippen molar-refractivity contribution in [1.29, 1.82) is 0 Å². The molecular formula is C22H20FNO4. The molecule has 3 aromatic carbocycles. The van der Waals surface area contributed by atoms with Crippen molar-refractivity contribution in [3.8, 4) is 5.75 Å². The zero-order valence-electron chi connectivity index (χ0n) is 15.4. The molecule has 0 bridgehead atoms. The van der Waals surface area contributed by atoms with Gasteiger partial charge in [0.15, 0.2) is 24.8 Å². The van der Waals surface area contributed by atoms with E-state index < -0.39 is 30.9 Å². The van der Waals surface area contributed by atoms with Gasteiger partial charge in [0.05, 0.1) is 6.04 Å². The number of esters is 1. The molecule has 5 nitrogen and oxygen atoms in total. The van der Waals surface area contributed by atoms with Crippen LogP contribution in [0.3, 0.4) is 0 Å². The number of amides is 1. The smallest absolute Gasteiger partial charge is 0.344 e. The van der Waals surface area contributed by atoms with Crippen LogP contribution in [0.25, 0.3) is 10.8 Å². The van der Waals surface area contributed by atoms with Crippen LogP contribution in [0.2, 0.25) is 0 Å². The van der Waals surface area contributed by atoms with E-state index in [4.69, 9.17) is 9.47 Å². The van der Waals surface area contributed by atoms with Gasteiger partial charge in [0.2, 0.25) is 0 Å². The van der Waals surface area contributed by atoms with Gasteiger partial charge in [0.25, 0.3) is 5.91 Å². The lowest BCUT2D eigenvalue weighted by atomic mass is 10.00. The third-order valence-corrected chi connectivity index (χ3v) is 4.21. The number of hydrogen-bond donors (Lipinski definition) is 1. The minimum absolute atomic E-state index is 0.0477. The molecule has 6 heteroatoms. The summed E-state index contributed by atoms with van der Waals surface area (Å²) in [6, 6.07) is 19.3. The second-order valence-electron chi connectivity index (χ2n) is 6.24. The van der Waals surface area contributed by atoms with Crippen LogP contribution in [0, 0.1) is 5.82 Å². The summed E-state index contributed by atoms with van der Waals surface area (Å²) in [5.41, 5.74) is 0.973. The van der Waals surface area contributed by atoms with Crippen molar-refractivity contribution in [3.63, 3.8) is 0 Å². The van der Waals surface area contributed by atoms with E-state index in [1.54, 1.807) is 6.07 Å². The molecule has 0 spiro atoms. The molecule has 0 aliphatic rings. The zero-order chi connectivity index (χ0) is 19.9. The second-order valence-corrected chi connectivity index (χ2v) is 6.24. The van der Waals surface area contributed by atoms with Gasteiger partial charge in [0, 0.05) is 0 Å². The molecule has 1 atom stereocenters. The first-order chi connectivity index (χ1) is 13.5. The van der Waals surface area contributed by atoms with Crippen molar-refractivity contribution in [1.82, 2.24) is 5.32 Å². The quantitative estimate of drug-likeness (QED) is 0.633. The Hall–Kier alpha value is -3.41. The van der Waals surface area contributed by atoms with Crippen LogP contribution in [0.15, 0.2) is 66.7 Å². The highest BCUT2D eigenvalue weighted by molar-refractivity contribution is 5.87. The average molecular weight is 381 g/mol. The maximum atomic E-state index is 13.4. The van der Waals surface area contributed by atoms with Crippen LogP contribution in [0.1, 0.15) is 18.5 Å². The van der Waals surface area contributed by atoms with E-state index in [-0.39, 0.29) is 11.8 Å². The fourth-order valence-electron chi connectivity index (χ4n) is 2.88. The van der Waals surface area contributed by atoms with E-state index in [2.05, 4.69) is 5.32 Å². The molecule has 0 heterocycles. The standard InChI is InChI=1S/C22H20FNO4/c1-15(17-10-6-8-16-7-2-3-9-18(16)17)24-21(25)13-28-22(26)14-27-20-12-5-4-11-19(20)23/h2-12,15H,13-14H2,1H3,(H,24,25)/t15-/m1/s1. The Bertz CT molecular complexity index is 984. The molecule has 0 saturated heterocycles. The van der Waals surface area contributed by atoms with Crippen LogP contribution < -0.4 is 10.1 Å². The predicted molar refractivity (Wildman–Crippen MR) is 103 cm³/mol. The van der Waals surface area contributed by atoms with Crippen LogP contribution in [0.4, 0.5) is 4.39 Å². The Balaban J connectivity index is 1.49. The number of fused-ring (bicyclic) bond motifs is 1. The van der Waals surface area contributed by atoms with Crippen LogP contribution >= 0.6 is 0 Å². The largest absolute Gasteiger partial charge is 0.479 e. The number of ether oxygens (including phenoxy) is 2. The number of carbonyl (C=O) groups excluding carboxylic acids is 2. The minimum atomic E-state index is -0.754. The number of para-hydroxylation sites is 1. The monoisotopic (exact) mass is 381 g/mol. The predicted octanol–water partition coefficient (Wildman–Crippen LogP) is 3.78. The number of benzene rings is 3. The molecule has 3 rings (SSSR count). The summed E-state index contributed by atoms with van der Waals surface area (Å²) < 4.78 is 23.4. The number of halogens is 1. The minimum Gasteiger partial charge on any atom is -0.479 e. The number of nitrogens with one attached hydrogen (secondary N) is 1. The van der Waals surface area contributed by atoms with Crippen molar-refractivity contribution < 1.29 is 23.5 Å². The van der Waals surface area contributed by atoms with Crippen molar-refractivity contribution in [3.05, 3.63) is 78.1 Å². The van der Waals surface area contributed by atoms with Crippen LogP contribution in [-0.2, 0) is 14.3 Å². The van der Waals surface area contributed by atoms with E-state index in [0.29, 0.717) is 0 Å². The molecular weight excluding hydrogens is 361 g/mol. The summed E-state index contributed by atoms with van der Waals surface area (Å²) in [6.07, 6.45) is 0. The van der Waals surface area contributed by atoms with Gasteiger partial charge in [0.1, 0.15) is 0 Å². The normalized spacial score (nSPS) is 11.6. The molecule has 3 aromatic rings. The number of rotatable bonds is 7. The molecule has 1 N–H and O–H groups in total. The summed E-state index contributed by atoms with van der Waals surface area (Å²) in [5.74, 6) is -1.80. The molecule has 0 radical (unpaired) electrons. The van der Waals surface area contributed by atoms with Crippen molar-refractivity contribution in [2.45, 2.75) is 13.0 Å². The van der Waals surface area contributed by atoms with Gasteiger partial charge in [-0.25, -0.2) is 9.18 Å². The highest BCUT2D eigenvalue weighted by Crippen LogP contribution is 2.23. The molecule has 1 amide bonds. The van der Waals surface area contributed by atoms with Crippen LogP contribution in [-0.4, -0.2) is 25.1 Å². The first-order valence-corrected chi connectivity index (χ1v) is 8.84. The Morgan fingerprint density at radius 1 is 0.964 bits per heavy atom. The van der Waals surface area contributed by atoms with E-state index >= 15 is 0 Å². The topological polar surface area (TPSA) is 64.6 Å². The van der Waals surface area contributed by atoms with Gasteiger partial charge >= 0.3 is 5.97 Å². The van der Waals surface area contributed by atoms with Gasteiger partial charge in [-0.2, -0.15) is 0 Å². The van der Waals surface area contributed by atoms with Crippen LogP contribution in [0.5, 0.6) is 5.75 Å². The third kappa shape index (κ3) is 4.85. The summed E-state index contributed by atoms with van der Waals surface area (Å²) in [6.45, 7) is 0.949. The van der Waals surface area contributed by atoms with Crippen molar-refractivity contribution in [2.75, 3.05) is 13.2 Å². The molecule has 0 aliphatic heterocycles. The van der Waals surface area contributed by atoms with Crippen molar-refractivity contribution in [2.24, 2.45) is 0 Å². The molecule has 144 valence electrons. The molecule has 0 saturated carbocycles. The fraction of sp³-hybridized carbons (Fsp3) is 0.182. The maximum Gasteiger partial charge on any atom is 0.344 e. The van der Waals surface area contributed by atoms with E-state index in [1.807, 2.05) is 49.4 Å². The summed E-state index contributed by atoms with van der Waals surface area (Å²) >= 11 is 0. The molecule has 0 aromatic heterocycles. The van der Waals surface area contributed by atoms with E-state index in [9.17, 15) is 14.0 Å². The first kappa shape index (κ1) is 19.4. The molecule has 0 aliphatic carbocycles. The maximum absolute atomic E-state index is 13.4. The lowest BCUT2D eigenvalue weighted by Crippen LogP contribution is -2.32. The zero-order valence-corrected chi connectivity index (χ0v) is 15.4. The summed E-state index contributed by atoms with van der Waals surface area (Å²) in [7, 11) is 0. The first-order valence-electron chi connectivity index (χ1n) is 8.84. The molecule has 28 heavy (non-hydrogen) atoms. The molecule has 0 unspecified atom stereocenters. The van der Waals surface area contributed by atoms with Gasteiger partial charge < -0.3 is 14.8 Å². The second kappa shape index (κ2) is 8.99. The van der Waals surface area contributed by atoms with E-state index in [1.165, 1.54) is 18.2 Å². The van der Waals surface area contributed by atoms with Gasteiger partial charge in [-0.3, -0.25) is 4.79 Å². The number of carbonyl (C=O) groups is 2. The highest BCUT2D eigenvalue weighted by atomic mass is 19.1. The Kier molecular flexibility index (Phi) is 6.22. The van der Waals surface area contributed by atoms with Gasteiger partial charge in [-0.05, 0) is 35.4 Å². The molecule has 0 fully saturated rings. The fourth-order valence-corrected chi connectivity index (χ4v) is 2.88. The van der Waals surface area contributed by atoms with Crippen molar-refractivity contribution >= 4 is 22.6 Å². The lowest BCUT2D eigenvalue weighted by Gasteiger charge is -2.16. The Morgan fingerprint density at radius 3 is 2.50 bits per heavy atom. The summed E-state index contributed by atoms with van der Waals surface area (Å²) in [5, 5.41) is 4.94. The third-order valence-electron chi connectivity index (χ3n) is 4.21. The SMILES string of the molecule is C[C@@H](NC(=O)COC(=O)COc1ccccc1F)c1cccc2ccccc12. The van der Waals surface area contributed by atoms with E-state index in [0.717, 1.165) is 16.3 Å². The average Bonchev–Trinajstić information content (AvgIpc) is 2.71. The summed E-state index contributed by atoms with van der Waals surface area (Å²) in [4.78, 5) is 23.8. The van der Waals surface area contributed by atoms with Gasteiger partial charge in [-0.15, -0.1) is 0 Å². The number of hydrogen-bond acceptors (Lipinski definition) is 4. The lowest BCUT2D eigenvalue weighted by molar-refractivity contribution is -0.150. The highest BCUT2D eigenvalue weighted by Gasteiger charge is 2.14. The Morgan fingerprint density at radius 2 is 1.68 bits per heavy atom. The Labute approximate surface area is 162 Å². The van der Waals surface area contributed by atoms with Gasteiger partial charge in [-0.1, -0.05) is 54.6 Å².